The molecule has 0 aliphatic heterocycles. The highest BCUT2D eigenvalue weighted by atomic mass is 24.3. The van der Waals surface area contributed by atoms with E-state index in [4.69, 9.17) is 4.42 Å². The van der Waals surface area contributed by atoms with Gasteiger partial charge in [0.2, 0.25) is 5.43 Å². The summed E-state index contributed by atoms with van der Waals surface area (Å²) in [6, 6.07) is 8.40. The molecule has 0 spiro atoms. The lowest BCUT2D eigenvalue weighted by Gasteiger charge is -2.05. The van der Waals surface area contributed by atoms with E-state index in [0.717, 1.165) is 6.07 Å². The maximum atomic E-state index is 12.4. The fraction of sp³-hybridized carbons (Fsp3) is 0. The van der Waals surface area contributed by atoms with Crippen LogP contribution in [0.2, 0.25) is 0 Å². The first-order valence-electron chi connectivity index (χ1n) is 5.83. The van der Waals surface area contributed by atoms with Crippen LogP contribution in [0.4, 0.5) is 0 Å². The van der Waals surface area contributed by atoms with Gasteiger partial charge in [0.25, 0.3) is 0 Å². The summed E-state index contributed by atoms with van der Waals surface area (Å²) in [4.78, 5) is 12.4. The zero-order valence-corrected chi connectivity index (χ0v) is 10.2. The summed E-state index contributed by atoms with van der Waals surface area (Å²) in [5.74, 6) is -0.434. The Bertz CT molecular complexity index is 852. The monoisotopic (exact) mass is 296 g/mol. The van der Waals surface area contributed by atoms with E-state index in [-0.39, 0.29) is 56.8 Å². The van der Waals surface area contributed by atoms with E-state index in [9.17, 15) is 20.1 Å². The molecule has 2 aromatic carbocycles. The van der Waals surface area contributed by atoms with Gasteiger partial charge in [-0.1, -0.05) is 12.1 Å². The highest BCUT2D eigenvalue weighted by Gasteiger charge is 2.13. The molecule has 0 unspecified atom stereocenters. The topological polar surface area (TPSA) is 90.9 Å². The molecule has 3 N–H and O–H groups in total. The Balaban J connectivity index is 0.00000161. The molecular formula is C15H12MgO5. The minimum Gasteiger partial charge on any atom is -0.508 e. The average Bonchev–Trinajstić information content (AvgIpc) is 2.39. The van der Waals surface area contributed by atoms with Crippen LogP contribution in [-0.4, -0.2) is 38.4 Å². The van der Waals surface area contributed by atoms with Crippen LogP contribution in [0, 0.1) is 0 Å². The molecule has 104 valence electrons. The molecule has 0 saturated carbocycles. The van der Waals surface area contributed by atoms with Crippen molar-refractivity contribution < 1.29 is 19.7 Å². The lowest BCUT2D eigenvalue weighted by molar-refractivity contribution is 0.452. The van der Waals surface area contributed by atoms with Crippen LogP contribution in [0.3, 0.4) is 0 Å². The van der Waals surface area contributed by atoms with Crippen molar-refractivity contribution in [2.24, 2.45) is 0 Å². The molecule has 0 aliphatic carbocycles. The van der Waals surface area contributed by atoms with E-state index < -0.39 is 5.43 Å². The third-order valence-electron chi connectivity index (χ3n) is 3.02. The molecule has 0 saturated heterocycles. The molecule has 0 amide bonds. The Hall–Kier alpha value is -2.18. The van der Waals surface area contributed by atoms with Crippen molar-refractivity contribution >= 4 is 34.0 Å². The third-order valence-corrected chi connectivity index (χ3v) is 3.02. The molecule has 1 heterocycles. The zero-order chi connectivity index (χ0) is 14.3. The maximum absolute atomic E-state index is 12.4. The van der Waals surface area contributed by atoms with Crippen LogP contribution in [-0.2, 0) is 0 Å². The van der Waals surface area contributed by atoms with E-state index in [1.807, 2.05) is 0 Å². The Labute approximate surface area is 135 Å². The molecular weight excluding hydrogens is 284 g/mol. The second kappa shape index (κ2) is 5.67. The summed E-state index contributed by atoms with van der Waals surface area (Å²) in [5.41, 5.74) is 0.522. The zero-order valence-electron chi connectivity index (χ0n) is 10.2. The van der Waals surface area contributed by atoms with Crippen LogP contribution < -0.4 is 5.43 Å². The van der Waals surface area contributed by atoms with Crippen LogP contribution in [0.5, 0.6) is 17.2 Å². The van der Waals surface area contributed by atoms with Gasteiger partial charge in [-0.05, 0) is 17.7 Å². The lowest BCUT2D eigenvalue weighted by Crippen LogP contribution is -2.04. The maximum Gasteiger partial charge on any atom is 0.316 e. The molecule has 6 heteroatoms. The van der Waals surface area contributed by atoms with Crippen molar-refractivity contribution in [1.29, 1.82) is 0 Å². The summed E-state index contributed by atoms with van der Waals surface area (Å²) in [6.07, 6.45) is 1.26. The van der Waals surface area contributed by atoms with Gasteiger partial charge < -0.3 is 19.7 Å². The molecule has 5 nitrogen and oxygen atoms in total. The number of benzene rings is 2. The number of hydrogen-bond donors (Lipinski definition) is 3. The minimum absolute atomic E-state index is 0. The number of phenols is 3. The predicted octanol–water partition coefficient (Wildman–Crippen LogP) is 1.66. The quantitative estimate of drug-likeness (QED) is 0.594. The third kappa shape index (κ3) is 2.68. The Morgan fingerprint density at radius 3 is 2.24 bits per heavy atom. The van der Waals surface area contributed by atoms with E-state index in [1.54, 1.807) is 12.1 Å². The van der Waals surface area contributed by atoms with Gasteiger partial charge in [0.05, 0.1) is 5.56 Å². The van der Waals surface area contributed by atoms with Gasteiger partial charge in [0.15, 0.2) is 0 Å². The van der Waals surface area contributed by atoms with E-state index in [1.165, 1.54) is 24.5 Å². The molecule has 3 rings (SSSR count). The lowest BCUT2D eigenvalue weighted by atomic mass is 10.0. The highest BCUT2D eigenvalue weighted by molar-refractivity contribution is 5.87. The molecule has 0 atom stereocenters. The number of aromatic hydroxyl groups is 3. The van der Waals surface area contributed by atoms with Crippen molar-refractivity contribution in [3.63, 3.8) is 0 Å². The second-order valence-electron chi connectivity index (χ2n) is 4.36. The number of phenolic OH excluding ortho intramolecular Hbond substituents is 3. The van der Waals surface area contributed by atoms with Gasteiger partial charge >= 0.3 is 23.1 Å². The van der Waals surface area contributed by atoms with Gasteiger partial charge in [-0.3, -0.25) is 4.79 Å². The smallest absolute Gasteiger partial charge is 0.316 e. The van der Waals surface area contributed by atoms with Gasteiger partial charge in [0, 0.05) is 12.1 Å². The second-order valence-corrected chi connectivity index (χ2v) is 4.36. The van der Waals surface area contributed by atoms with Crippen LogP contribution in [0.25, 0.3) is 22.1 Å². The fourth-order valence-corrected chi connectivity index (χ4v) is 2.06. The first-order valence-corrected chi connectivity index (χ1v) is 5.83. The van der Waals surface area contributed by atoms with Crippen molar-refractivity contribution in [2.75, 3.05) is 0 Å². The molecule has 0 radical (unpaired) electrons. The first-order chi connectivity index (χ1) is 9.56. The standard InChI is InChI=1S/C15H10O5.Mg.2H/c16-9-3-1-8(2-4-9)11-7-20-13-6-10(17)5-12(18)14(13)15(11)19;;;/h1-7,16-18H;;;. The summed E-state index contributed by atoms with van der Waals surface area (Å²) >= 11 is 0. The van der Waals surface area contributed by atoms with Crippen molar-refractivity contribution in [3.05, 3.63) is 52.9 Å². The van der Waals surface area contributed by atoms with Crippen molar-refractivity contribution in [2.45, 2.75) is 0 Å². The Kier molecular flexibility index (Phi) is 4.10. The SMILES string of the molecule is O=c1c(-c2ccc(O)cc2)coc2cc(O)cc(O)c12.[MgH2]. The number of rotatable bonds is 1. The van der Waals surface area contributed by atoms with Gasteiger partial charge in [-0.25, -0.2) is 0 Å². The van der Waals surface area contributed by atoms with Gasteiger partial charge in [0.1, 0.15) is 34.5 Å². The minimum atomic E-state index is -0.408. The average molecular weight is 297 g/mol. The number of hydrogen-bond acceptors (Lipinski definition) is 5. The largest absolute Gasteiger partial charge is 0.508 e. The van der Waals surface area contributed by atoms with Crippen molar-refractivity contribution in [3.8, 4) is 28.4 Å². The summed E-state index contributed by atoms with van der Waals surface area (Å²) in [6.45, 7) is 0. The molecule has 0 fully saturated rings. The van der Waals surface area contributed by atoms with Crippen LogP contribution >= 0.6 is 0 Å². The number of fused-ring (bicyclic) bond motifs is 1. The molecule has 1 aromatic heterocycles. The first kappa shape index (κ1) is 15.2. The summed E-state index contributed by atoms with van der Waals surface area (Å²) < 4.78 is 5.29. The molecule has 21 heavy (non-hydrogen) atoms. The van der Waals surface area contributed by atoms with Gasteiger partial charge in [-0.15, -0.1) is 0 Å². The van der Waals surface area contributed by atoms with E-state index >= 15 is 0 Å². The fourth-order valence-electron chi connectivity index (χ4n) is 2.06. The highest BCUT2D eigenvalue weighted by Crippen LogP contribution is 2.29. The van der Waals surface area contributed by atoms with E-state index in [2.05, 4.69) is 0 Å². The predicted molar refractivity (Wildman–Crippen MR) is 81.5 cm³/mol. The summed E-state index contributed by atoms with van der Waals surface area (Å²) in [5, 5.41) is 28.4. The molecule has 0 bridgehead atoms. The van der Waals surface area contributed by atoms with E-state index in [0.29, 0.717) is 5.56 Å². The molecule has 0 aliphatic rings. The summed E-state index contributed by atoms with van der Waals surface area (Å²) in [7, 11) is 0. The van der Waals surface area contributed by atoms with Gasteiger partial charge in [-0.2, -0.15) is 0 Å². The molecule has 3 aromatic rings. The Morgan fingerprint density at radius 2 is 1.57 bits per heavy atom. The normalized spacial score (nSPS) is 10.3. The van der Waals surface area contributed by atoms with Crippen LogP contribution in [0.1, 0.15) is 0 Å². The van der Waals surface area contributed by atoms with Crippen LogP contribution in [0.15, 0.2) is 51.9 Å². The Morgan fingerprint density at radius 1 is 0.905 bits per heavy atom. The van der Waals surface area contributed by atoms with Crippen molar-refractivity contribution in [1.82, 2.24) is 0 Å².